The monoisotopic (exact) mass is 410 g/mol. The molecule has 0 unspecified atom stereocenters. The molecule has 1 aromatic carbocycles. The predicted molar refractivity (Wildman–Crippen MR) is 113 cm³/mol. The zero-order valence-corrected chi connectivity index (χ0v) is 17.6. The summed E-state index contributed by atoms with van der Waals surface area (Å²) in [6, 6.07) is 8.87. The van der Waals surface area contributed by atoms with Crippen LogP contribution < -0.4 is 4.90 Å². The van der Waals surface area contributed by atoms with Gasteiger partial charge in [0.05, 0.1) is 5.75 Å². The van der Waals surface area contributed by atoms with Crippen LogP contribution in [-0.2, 0) is 12.2 Å². The van der Waals surface area contributed by atoms with Crippen LogP contribution >= 0.6 is 11.8 Å². The topological polar surface area (TPSA) is 72.9 Å². The van der Waals surface area contributed by atoms with Gasteiger partial charge in [0.15, 0.2) is 5.16 Å². The van der Waals surface area contributed by atoms with Gasteiger partial charge in [0, 0.05) is 24.7 Å². The largest absolute Gasteiger partial charge is 0.341 e. The fourth-order valence-electron chi connectivity index (χ4n) is 3.78. The van der Waals surface area contributed by atoms with Crippen LogP contribution in [0.15, 0.2) is 33.9 Å². The summed E-state index contributed by atoms with van der Waals surface area (Å²) in [6.45, 7) is 4.31. The fraction of sp³-hybridized carbons (Fsp3) is 0.524. The summed E-state index contributed by atoms with van der Waals surface area (Å²) in [6.07, 6.45) is 7.25. The van der Waals surface area contributed by atoms with Gasteiger partial charge in [-0.15, -0.1) is 10.2 Å². The van der Waals surface area contributed by atoms with Crippen molar-refractivity contribution in [1.82, 2.24) is 24.9 Å². The molecule has 7 nitrogen and oxygen atoms in total. The van der Waals surface area contributed by atoms with Crippen molar-refractivity contribution in [2.75, 3.05) is 18.0 Å². The van der Waals surface area contributed by atoms with E-state index in [1.165, 1.54) is 37.7 Å². The maximum Gasteiger partial charge on any atom is 0.237 e. The average Bonchev–Trinajstić information content (AvgIpc) is 3.35. The van der Waals surface area contributed by atoms with Gasteiger partial charge in [-0.1, -0.05) is 48.1 Å². The Morgan fingerprint density at radius 3 is 2.59 bits per heavy atom. The van der Waals surface area contributed by atoms with Gasteiger partial charge in [0.1, 0.15) is 0 Å². The second-order valence-corrected chi connectivity index (χ2v) is 8.72. The molecule has 1 saturated carbocycles. The molecule has 29 heavy (non-hydrogen) atoms. The summed E-state index contributed by atoms with van der Waals surface area (Å²) in [7, 11) is 0. The zero-order valence-electron chi connectivity index (χ0n) is 16.8. The number of benzene rings is 1. The lowest BCUT2D eigenvalue weighted by Crippen LogP contribution is -2.31. The van der Waals surface area contributed by atoms with Gasteiger partial charge in [-0.05, 0) is 44.1 Å². The molecule has 0 radical (unpaired) electrons. The van der Waals surface area contributed by atoms with E-state index in [0.29, 0.717) is 23.5 Å². The van der Waals surface area contributed by atoms with Gasteiger partial charge in [0.2, 0.25) is 17.7 Å². The third-order valence-electron chi connectivity index (χ3n) is 5.61. The lowest BCUT2D eigenvalue weighted by molar-refractivity contribution is 0.391. The molecule has 0 atom stereocenters. The fourth-order valence-corrected chi connectivity index (χ4v) is 4.61. The molecule has 0 spiro atoms. The van der Waals surface area contributed by atoms with Gasteiger partial charge in [-0.3, -0.25) is 4.57 Å². The van der Waals surface area contributed by atoms with Gasteiger partial charge in [0.25, 0.3) is 0 Å². The second-order valence-electron chi connectivity index (χ2n) is 7.78. The van der Waals surface area contributed by atoms with Gasteiger partial charge in [-0.25, -0.2) is 0 Å². The Balaban J connectivity index is 1.29. The Bertz CT molecular complexity index is 956. The minimum Gasteiger partial charge on any atom is -0.341 e. The molecule has 3 heterocycles. The number of hydrogen-bond donors (Lipinski definition) is 0. The van der Waals surface area contributed by atoms with Gasteiger partial charge < -0.3 is 9.42 Å². The van der Waals surface area contributed by atoms with E-state index in [-0.39, 0.29) is 0 Å². The maximum atomic E-state index is 5.49. The first-order chi connectivity index (χ1) is 14.3. The summed E-state index contributed by atoms with van der Waals surface area (Å²) in [4.78, 5) is 6.96. The Kier molecular flexibility index (Phi) is 5.26. The minimum atomic E-state index is 0.541. The van der Waals surface area contributed by atoms with Crippen molar-refractivity contribution >= 4 is 17.7 Å². The highest BCUT2D eigenvalue weighted by Crippen LogP contribution is 2.41. The van der Waals surface area contributed by atoms with E-state index in [2.05, 4.69) is 61.0 Å². The lowest BCUT2D eigenvalue weighted by Gasteiger charge is -2.27. The number of thioether (sulfide) groups is 1. The molecule has 2 aliphatic rings. The van der Waals surface area contributed by atoms with E-state index in [0.717, 1.165) is 36.2 Å². The van der Waals surface area contributed by atoms with Crippen LogP contribution in [0.5, 0.6) is 0 Å². The summed E-state index contributed by atoms with van der Waals surface area (Å²) in [5.74, 6) is 2.90. The van der Waals surface area contributed by atoms with E-state index >= 15 is 0 Å². The molecule has 5 rings (SSSR count). The molecule has 2 aromatic heterocycles. The van der Waals surface area contributed by atoms with Crippen molar-refractivity contribution in [3.8, 4) is 11.4 Å². The van der Waals surface area contributed by atoms with Crippen LogP contribution in [0.3, 0.4) is 0 Å². The quantitative estimate of drug-likeness (QED) is 0.531. The second kappa shape index (κ2) is 8.18. The first kappa shape index (κ1) is 18.7. The molecule has 2 fully saturated rings. The first-order valence-electron chi connectivity index (χ1n) is 10.6. The Hall–Kier alpha value is -2.35. The van der Waals surface area contributed by atoms with E-state index < -0.39 is 0 Å². The molecule has 1 saturated heterocycles. The van der Waals surface area contributed by atoms with Gasteiger partial charge in [-0.2, -0.15) is 4.98 Å². The van der Waals surface area contributed by atoms with E-state index in [1.54, 1.807) is 11.8 Å². The highest BCUT2D eigenvalue weighted by Gasteiger charge is 2.32. The third kappa shape index (κ3) is 4.03. The number of nitrogens with zero attached hydrogens (tertiary/aromatic N) is 6. The van der Waals surface area contributed by atoms with Crippen molar-refractivity contribution in [2.45, 2.75) is 62.4 Å². The standard InChI is InChI=1S/C21H26N6OS/c1-2-15-6-8-16(9-7-15)19-22-18(28-25-19)14-29-21-24-23-20(27(21)17-10-11-17)26-12-4-3-5-13-26/h6-9,17H,2-5,10-14H2,1H3. The summed E-state index contributed by atoms with van der Waals surface area (Å²) in [5.41, 5.74) is 2.28. The predicted octanol–water partition coefficient (Wildman–Crippen LogP) is 4.51. The first-order valence-corrected chi connectivity index (χ1v) is 11.5. The van der Waals surface area contributed by atoms with Crippen molar-refractivity contribution < 1.29 is 4.52 Å². The maximum absolute atomic E-state index is 5.49. The van der Waals surface area contributed by atoms with Crippen molar-refractivity contribution in [1.29, 1.82) is 0 Å². The van der Waals surface area contributed by atoms with Crippen molar-refractivity contribution in [3.05, 3.63) is 35.7 Å². The molecule has 1 aliphatic carbocycles. The minimum absolute atomic E-state index is 0.541. The zero-order chi connectivity index (χ0) is 19.6. The van der Waals surface area contributed by atoms with E-state index in [4.69, 9.17) is 4.52 Å². The molecule has 0 amide bonds. The van der Waals surface area contributed by atoms with Gasteiger partial charge >= 0.3 is 0 Å². The molecule has 8 heteroatoms. The number of rotatable bonds is 7. The Morgan fingerprint density at radius 1 is 1.07 bits per heavy atom. The van der Waals surface area contributed by atoms with E-state index in [9.17, 15) is 0 Å². The molecule has 152 valence electrons. The van der Waals surface area contributed by atoms with Crippen LogP contribution in [0.2, 0.25) is 0 Å². The third-order valence-corrected chi connectivity index (χ3v) is 6.54. The van der Waals surface area contributed by atoms with Crippen molar-refractivity contribution in [3.63, 3.8) is 0 Å². The summed E-state index contributed by atoms with van der Waals surface area (Å²) in [5, 5.41) is 14.1. The highest BCUT2D eigenvalue weighted by molar-refractivity contribution is 7.98. The SMILES string of the molecule is CCc1ccc(-c2noc(CSc3nnc(N4CCCCC4)n3C3CC3)n2)cc1. The normalized spacial score (nSPS) is 17.1. The Morgan fingerprint density at radius 2 is 1.86 bits per heavy atom. The average molecular weight is 411 g/mol. The van der Waals surface area contributed by atoms with Crippen LogP contribution in [0.1, 0.15) is 56.5 Å². The molecular weight excluding hydrogens is 384 g/mol. The smallest absolute Gasteiger partial charge is 0.237 e. The van der Waals surface area contributed by atoms with Crippen LogP contribution in [0, 0.1) is 0 Å². The lowest BCUT2D eigenvalue weighted by atomic mass is 10.1. The van der Waals surface area contributed by atoms with E-state index in [1.807, 2.05) is 0 Å². The summed E-state index contributed by atoms with van der Waals surface area (Å²) >= 11 is 1.63. The molecule has 0 N–H and O–H groups in total. The summed E-state index contributed by atoms with van der Waals surface area (Å²) < 4.78 is 7.82. The Labute approximate surface area is 174 Å². The number of hydrogen-bond acceptors (Lipinski definition) is 7. The van der Waals surface area contributed by atoms with Crippen LogP contribution in [0.4, 0.5) is 5.95 Å². The molecule has 0 bridgehead atoms. The number of aromatic nitrogens is 5. The highest BCUT2D eigenvalue weighted by atomic mass is 32.2. The molecular formula is C21H26N6OS. The van der Waals surface area contributed by atoms with Crippen molar-refractivity contribution in [2.24, 2.45) is 0 Å². The van der Waals surface area contributed by atoms with Crippen LogP contribution in [0.25, 0.3) is 11.4 Å². The number of aryl methyl sites for hydroxylation is 1. The molecule has 1 aliphatic heterocycles. The number of anilines is 1. The van der Waals surface area contributed by atoms with Crippen LogP contribution in [-0.4, -0.2) is 38.0 Å². The molecule has 3 aromatic rings. The number of piperidine rings is 1.